The molecule has 0 atom stereocenters. The van der Waals surface area contributed by atoms with E-state index in [1.807, 2.05) is 0 Å². The summed E-state index contributed by atoms with van der Waals surface area (Å²) in [4.78, 5) is 10.2. The summed E-state index contributed by atoms with van der Waals surface area (Å²) in [7, 11) is 0. The van der Waals surface area contributed by atoms with Gasteiger partial charge in [-0.15, -0.1) is 0 Å². The third kappa shape index (κ3) is 2.07. The number of aromatic amines is 1. The van der Waals surface area contributed by atoms with Crippen LogP contribution in [0.2, 0.25) is 0 Å². The predicted octanol–water partition coefficient (Wildman–Crippen LogP) is 5.20. The molecular formula is C23H18N4. The molecule has 1 aliphatic heterocycles. The molecule has 1 N–H and O–H groups in total. The molecule has 0 unspecified atom stereocenters. The highest BCUT2D eigenvalue weighted by atomic mass is 15.2. The summed E-state index contributed by atoms with van der Waals surface area (Å²) in [5.74, 6) is 0. The average molecular weight is 350 g/mol. The zero-order valence-electron chi connectivity index (χ0n) is 14.8. The SMILES string of the molecule is c1ccc2c(c1)CCN2c1cccc2c1ccn2-c1cccc2[nH]cnc12. The smallest absolute Gasteiger partial charge is 0.112 e. The van der Waals surface area contributed by atoms with Crippen molar-refractivity contribution in [3.05, 3.63) is 84.8 Å². The molecule has 0 saturated heterocycles. The van der Waals surface area contributed by atoms with Crippen LogP contribution < -0.4 is 4.90 Å². The van der Waals surface area contributed by atoms with Crippen LogP contribution in [0.5, 0.6) is 0 Å². The number of hydrogen-bond donors (Lipinski definition) is 1. The van der Waals surface area contributed by atoms with Crippen molar-refractivity contribution in [2.24, 2.45) is 0 Å². The lowest BCUT2D eigenvalue weighted by Gasteiger charge is -2.21. The fourth-order valence-corrected chi connectivity index (χ4v) is 4.33. The zero-order chi connectivity index (χ0) is 17.8. The van der Waals surface area contributed by atoms with Crippen LogP contribution in [0.3, 0.4) is 0 Å². The molecule has 0 aliphatic carbocycles. The molecule has 0 fully saturated rings. The number of rotatable bonds is 2. The summed E-state index contributed by atoms with van der Waals surface area (Å²) >= 11 is 0. The Balaban J connectivity index is 1.56. The average Bonchev–Trinajstić information content (AvgIpc) is 3.44. The summed E-state index contributed by atoms with van der Waals surface area (Å²) < 4.78 is 2.24. The van der Waals surface area contributed by atoms with E-state index in [-0.39, 0.29) is 0 Å². The second-order valence-corrected chi connectivity index (χ2v) is 7.00. The van der Waals surface area contributed by atoms with Crippen molar-refractivity contribution < 1.29 is 0 Å². The highest BCUT2D eigenvalue weighted by molar-refractivity contribution is 5.98. The van der Waals surface area contributed by atoms with E-state index in [0.29, 0.717) is 0 Å². The summed E-state index contributed by atoms with van der Waals surface area (Å²) in [6.45, 7) is 1.03. The van der Waals surface area contributed by atoms with Crippen LogP contribution in [0.1, 0.15) is 5.56 Å². The van der Waals surface area contributed by atoms with Crippen LogP contribution in [0.25, 0.3) is 27.6 Å². The summed E-state index contributed by atoms with van der Waals surface area (Å²) in [6.07, 6.45) is 5.01. The van der Waals surface area contributed by atoms with Crippen molar-refractivity contribution in [2.45, 2.75) is 6.42 Å². The van der Waals surface area contributed by atoms with E-state index in [2.05, 4.69) is 92.4 Å². The Morgan fingerprint density at radius 3 is 2.67 bits per heavy atom. The van der Waals surface area contributed by atoms with E-state index in [1.54, 1.807) is 6.33 Å². The molecule has 5 aromatic rings. The lowest BCUT2D eigenvalue weighted by atomic mass is 10.1. The second-order valence-electron chi connectivity index (χ2n) is 7.00. The summed E-state index contributed by atoms with van der Waals surface area (Å²) in [6, 6.07) is 23.8. The molecule has 0 bridgehead atoms. The van der Waals surface area contributed by atoms with Gasteiger partial charge in [-0.1, -0.05) is 30.3 Å². The lowest BCUT2D eigenvalue weighted by molar-refractivity contribution is 1.00. The number of hydrogen-bond acceptors (Lipinski definition) is 2. The Morgan fingerprint density at radius 1 is 0.815 bits per heavy atom. The number of anilines is 2. The predicted molar refractivity (Wildman–Crippen MR) is 110 cm³/mol. The van der Waals surface area contributed by atoms with E-state index in [9.17, 15) is 0 Å². The Labute approximate surface area is 156 Å². The van der Waals surface area contributed by atoms with Gasteiger partial charge >= 0.3 is 0 Å². The minimum absolute atomic E-state index is 0.993. The first-order chi connectivity index (χ1) is 13.4. The number of nitrogens with one attached hydrogen (secondary N) is 1. The third-order valence-corrected chi connectivity index (χ3v) is 5.58. The maximum atomic E-state index is 4.52. The van der Waals surface area contributed by atoms with Gasteiger partial charge in [0.25, 0.3) is 0 Å². The maximum absolute atomic E-state index is 4.52. The fourth-order valence-electron chi connectivity index (χ4n) is 4.33. The number of H-pyrrole nitrogens is 1. The molecular weight excluding hydrogens is 332 g/mol. The van der Waals surface area contributed by atoms with Gasteiger partial charge in [-0.3, -0.25) is 0 Å². The van der Waals surface area contributed by atoms with Crippen molar-refractivity contribution in [2.75, 3.05) is 11.4 Å². The Bertz CT molecular complexity index is 1290. The molecule has 1 aliphatic rings. The van der Waals surface area contributed by atoms with Gasteiger partial charge in [0.1, 0.15) is 5.52 Å². The Kier molecular flexibility index (Phi) is 2.97. The highest BCUT2D eigenvalue weighted by Gasteiger charge is 2.22. The normalized spacial score (nSPS) is 13.6. The molecule has 2 aromatic heterocycles. The molecule has 0 radical (unpaired) electrons. The highest BCUT2D eigenvalue weighted by Crippen LogP contribution is 2.39. The standard InChI is InChI=1S/C23H18N4/c1-2-7-19-16(5-1)11-13-26(19)20-8-4-9-21-17(20)12-14-27(21)22-10-3-6-18-23(22)25-15-24-18/h1-10,12,14-15H,11,13H2,(H,24,25). The van der Waals surface area contributed by atoms with E-state index in [0.717, 1.165) is 29.7 Å². The molecule has 4 nitrogen and oxygen atoms in total. The van der Waals surface area contributed by atoms with Crippen LogP contribution in [0.15, 0.2) is 79.3 Å². The van der Waals surface area contributed by atoms with Crippen molar-refractivity contribution in [1.82, 2.24) is 14.5 Å². The quantitative estimate of drug-likeness (QED) is 0.475. The Morgan fingerprint density at radius 2 is 1.67 bits per heavy atom. The molecule has 27 heavy (non-hydrogen) atoms. The molecule has 0 amide bonds. The molecule has 0 saturated carbocycles. The van der Waals surface area contributed by atoms with Crippen LogP contribution >= 0.6 is 0 Å². The number of nitrogens with zero attached hydrogens (tertiary/aromatic N) is 3. The van der Waals surface area contributed by atoms with Crippen LogP contribution in [0.4, 0.5) is 11.4 Å². The van der Waals surface area contributed by atoms with E-state index in [1.165, 1.54) is 27.8 Å². The Hall–Kier alpha value is -3.53. The van der Waals surface area contributed by atoms with E-state index in [4.69, 9.17) is 0 Å². The number of fused-ring (bicyclic) bond motifs is 3. The molecule has 0 spiro atoms. The fraction of sp³-hybridized carbons (Fsp3) is 0.0870. The van der Waals surface area contributed by atoms with E-state index < -0.39 is 0 Å². The molecule has 3 heterocycles. The molecule has 6 rings (SSSR count). The van der Waals surface area contributed by atoms with Crippen molar-refractivity contribution in [1.29, 1.82) is 0 Å². The van der Waals surface area contributed by atoms with Gasteiger partial charge in [-0.25, -0.2) is 4.98 Å². The zero-order valence-corrected chi connectivity index (χ0v) is 14.8. The lowest BCUT2D eigenvalue weighted by Crippen LogP contribution is -2.13. The van der Waals surface area contributed by atoms with Gasteiger partial charge in [-0.05, 0) is 48.4 Å². The van der Waals surface area contributed by atoms with Gasteiger partial charge in [0.2, 0.25) is 0 Å². The van der Waals surface area contributed by atoms with Gasteiger partial charge < -0.3 is 14.5 Å². The number of imidazole rings is 1. The first-order valence-corrected chi connectivity index (χ1v) is 9.28. The van der Waals surface area contributed by atoms with Crippen molar-refractivity contribution >= 4 is 33.3 Å². The molecule has 4 heteroatoms. The van der Waals surface area contributed by atoms with Crippen LogP contribution in [-0.4, -0.2) is 21.1 Å². The first-order valence-electron chi connectivity index (χ1n) is 9.28. The number of aromatic nitrogens is 3. The molecule has 3 aromatic carbocycles. The minimum atomic E-state index is 0.993. The third-order valence-electron chi connectivity index (χ3n) is 5.58. The second kappa shape index (κ2) is 5.48. The maximum Gasteiger partial charge on any atom is 0.112 e. The van der Waals surface area contributed by atoms with E-state index >= 15 is 0 Å². The monoisotopic (exact) mass is 350 g/mol. The number of benzene rings is 3. The minimum Gasteiger partial charge on any atom is -0.345 e. The van der Waals surface area contributed by atoms with Gasteiger partial charge in [0, 0.05) is 23.8 Å². The van der Waals surface area contributed by atoms with Crippen LogP contribution in [-0.2, 0) is 6.42 Å². The summed E-state index contributed by atoms with van der Waals surface area (Å²) in [5.41, 5.74) is 8.37. The van der Waals surface area contributed by atoms with Gasteiger partial charge in [0.15, 0.2) is 0 Å². The first kappa shape index (κ1) is 14.6. The van der Waals surface area contributed by atoms with Gasteiger partial charge in [0.05, 0.1) is 28.7 Å². The summed E-state index contributed by atoms with van der Waals surface area (Å²) in [5, 5.41) is 1.27. The largest absolute Gasteiger partial charge is 0.345 e. The number of para-hydroxylation sites is 2. The van der Waals surface area contributed by atoms with Gasteiger partial charge in [-0.2, -0.15) is 0 Å². The topological polar surface area (TPSA) is 36.9 Å². The van der Waals surface area contributed by atoms with Crippen molar-refractivity contribution in [3.63, 3.8) is 0 Å². The van der Waals surface area contributed by atoms with Crippen molar-refractivity contribution in [3.8, 4) is 5.69 Å². The molecule has 130 valence electrons. The van der Waals surface area contributed by atoms with Crippen LogP contribution in [0, 0.1) is 0 Å².